The number of nitrogens with one attached hydrogen (secondary N) is 1. The van der Waals surface area contributed by atoms with E-state index in [4.69, 9.17) is 9.47 Å². The van der Waals surface area contributed by atoms with Gasteiger partial charge in [0.25, 0.3) is 11.5 Å². The van der Waals surface area contributed by atoms with E-state index in [-0.39, 0.29) is 11.5 Å². The first-order valence-corrected chi connectivity index (χ1v) is 8.13. The number of nitrogens with zero attached hydrogens (tertiary/aromatic N) is 2. The van der Waals surface area contributed by atoms with Crippen molar-refractivity contribution in [2.45, 2.75) is 19.6 Å². The van der Waals surface area contributed by atoms with Crippen molar-refractivity contribution in [3.63, 3.8) is 0 Å². The smallest absolute Gasteiger partial charge is 0.254 e. The molecule has 1 aliphatic heterocycles. The van der Waals surface area contributed by atoms with E-state index >= 15 is 0 Å². The van der Waals surface area contributed by atoms with Crippen LogP contribution < -0.4 is 5.56 Å². The highest BCUT2D eigenvalue weighted by Crippen LogP contribution is 2.20. The summed E-state index contributed by atoms with van der Waals surface area (Å²) in [5.74, 6) is 0.386. The summed E-state index contributed by atoms with van der Waals surface area (Å²) in [4.78, 5) is 33.2. The minimum absolute atomic E-state index is 0.0683. The minimum atomic E-state index is -0.438. The molecule has 1 aliphatic rings. The summed E-state index contributed by atoms with van der Waals surface area (Å²) >= 11 is 0. The fourth-order valence-corrected chi connectivity index (χ4v) is 2.90. The lowest BCUT2D eigenvalue weighted by Gasteiger charge is -2.32. The zero-order chi connectivity index (χ0) is 17.8. The number of ether oxygens (including phenoxy) is 2. The number of methoxy groups -OCH3 is 1. The van der Waals surface area contributed by atoms with Gasteiger partial charge in [-0.2, -0.15) is 0 Å². The second-order valence-corrected chi connectivity index (χ2v) is 6.02. The Bertz CT molecular complexity index is 818. The zero-order valence-corrected chi connectivity index (χ0v) is 14.3. The molecule has 1 aromatic carbocycles. The van der Waals surface area contributed by atoms with Gasteiger partial charge in [-0.1, -0.05) is 12.1 Å². The third kappa shape index (κ3) is 4.12. The number of benzene rings is 1. The van der Waals surface area contributed by atoms with Crippen LogP contribution in [0.5, 0.6) is 0 Å². The fraction of sp³-hybridized carbons (Fsp3) is 0.389. The van der Waals surface area contributed by atoms with Crippen molar-refractivity contribution in [3.05, 3.63) is 63.3 Å². The van der Waals surface area contributed by atoms with Crippen LogP contribution in [0.4, 0.5) is 0 Å². The average molecular weight is 343 g/mol. The molecule has 7 heteroatoms. The Hall–Kier alpha value is -2.51. The van der Waals surface area contributed by atoms with Crippen LogP contribution in [0.2, 0.25) is 0 Å². The van der Waals surface area contributed by atoms with E-state index in [1.807, 2.05) is 18.2 Å². The molecule has 1 fully saturated rings. The highest BCUT2D eigenvalue weighted by atomic mass is 16.5. The molecule has 2 heterocycles. The number of hydrogen-bond acceptors (Lipinski definition) is 5. The predicted molar refractivity (Wildman–Crippen MR) is 91.3 cm³/mol. The second-order valence-electron chi connectivity index (χ2n) is 6.02. The maximum Gasteiger partial charge on any atom is 0.254 e. The summed E-state index contributed by atoms with van der Waals surface area (Å²) in [7, 11) is 1.62. The van der Waals surface area contributed by atoms with Crippen LogP contribution >= 0.6 is 0 Å². The fourth-order valence-electron chi connectivity index (χ4n) is 2.90. The Labute approximate surface area is 145 Å². The molecule has 0 unspecified atom stereocenters. The van der Waals surface area contributed by atoms with Crippen molar-refractivity contribution in [1.82, 2.24) is 14.9 Å². The van der Waals surface area contributed by atoms with E-state index in [1.165, 1.54) is 6.07 Å². The largest absolute Gasteiger partial charge is 0.380 e. The van der Waals surface area contributed by atoms with Crippen molar-refractivity contribution in [3.8, 4) is 0 Å². The number of aryl methyl sites for hydroxylation is 1. The van der Waals surface area contributed by atoms with E-state index < -0.39 is 6.10 Å². The molecule has 1 N–H and O–H groups in total. The number of hydrogen-bond donors (Lipinski definition) is 1. The highest BCUT2D eigenvalue weighted by molar-refractivity contribution is 5.94. The normalized spacial score (nSPS) is 17.5. The molecule has 0 saturated carbocycles. The lowest BCUT2D eigenvalue weighted by atomic mass is 10.1. The van der Waals surface area contributed by atoms with Gasteiger partial charge in [0.2, 0.25) is 0 Å². The molecule has 0 aliphatic carbocycles. The zero-order valence-electron chi connectivity index (χ0n) is 14.3. The van der Waals surface area contributed by atoms with Crippen molar-refractivity contribution < 1.29 is 14.3 Å². The van der Waals surface area contributed by atoms with Gasteiger partial charge >= 0.3 is 0 Å². The van der Waals surface area contributed by atoms with Crippen molar-refractivity contribution in [2.24, 2.45) is 0 Å². The standard InChI is InChI=1S/C18H21N3O4/c1-12-8-16(22)20-17(19-12)15-10-21(6-7-25-15)18(23)14-5-3-4-13(9-14)11-24-2/h3-5,8-9,15H,6-7,10-11H2,1-2H3,(H,19,20,22)/t15-/m0/s1. The van der Waals surface area contributed by atoms with Crippen LogP contribution in [0.15, 0.2) is 35.1 Å². The molecule has 25 heavy (non-hydrogen) atoms. The predicted octanol–water partition coefficient (Wildman–Crippen LogP) is 1.44. The molecular weight excluding hydrogens is 322 g/mol. The van der Waals surface area contributed by atoms with Gasteiger partial charge in [0.05, 0.1) is 19.8 Å². The summed E-state index contributed by atoms with van der Waals surface area (Å²) in [5.41, 5.74) is 1.96. The summed E-state index contributed by atoms with van der Waals surface area (Å²) in [5, 5.41) is 0. The Morgan fingerprint density at radius 1 is 1.44 bits per heavy atom. The summed E-state index contributed by atoms with van der Waals surface area (Å²) in [6.07, 6.45) is -0.438. The van der Waals surface area contributed by atoms with Gasteiger partial charge in [-0.25, -0.2) is 4.98 Å². The number of aromatic amines is 1. The Balaban J connectivity index is 1.77. The van der Waals surface area contributed by atoms with Crippen molar-refractivity contribution >= 4 is 5.91 Å². The maximum atomic E-state index is 12.8. The van der Waals surface area contributed by atoms with Crippen LogP contribution in [-0.4, -0.2) is 47.6 Å². The quantitative estimate of drug-likeness (QED) is 0.908. The third-order valence-electron chi connectivity index (χ3n) is 4.03. The topological polar surface area (TPSA) is 84.5 Å². The van der Waals surface area contributed by atoms with Gasteiger partial charge in [0.15, 0.2) is 0 Å². The second kappa shape index (κ2) is 7.58. The molecule has 1 saturated heterocycles. The molecule has 132 valence electrons. The Morgan fingerprint density at radius 2 is 2.28 bits per heavy atom. The lowest BCUT2D eigenvalue weighted by molar-refractivity contribution is -0.0269. The molecule has 0 bridgehead atoms. The number of morpholine rings is 1. The summed E-state index contributed by atoms with van der Waals surface area (Å²) in [6.45, 7) is 3.46. The van der Waals surface area contributed by atoms with Gasteiger partial charge < -0.3 is 19.4 Å². The minimum Gasteiger partial charge on any atom is -0.380 e. The average Bonchev–Trinajstić information content (AvgIpc) is 2.61. The summed E-state index contributed by atoms with van der Waals surface area (Å²) in [6, 6.07) is 8.82. The maximum absolute atomic E-state index is 12.8. The third-order valence-corrected chi connectivity index (χ3v) is 4.03. The molecule has 3 rings (SSSR count). The number of amides is 1. The molecule has 2 aromatic rings. The van der Waals surface area contributed by atoms with Crippen molar-refractivity contribution in [1.29, 1.82) is 0 Å². The number of aromatic nitrogens is 2. The molecule has 0 radical (unpaired) electrons. The molecule has 7 nitrogen and oxygen atoms in total. The van der Waals surface area contributed by atoms with Gasteiger partial charge in [-0.3, -0.25) is 9.59 Å². The van der Waals surface area contributed by atoms with E-state index in [9.17, 15) is 9.59 Å². The van der Waals surface area contributed by atoms with Gasteiger partial charge in [-0.15, -0.1) is 0 Å². The molecule has 1 amide bonds. The first kappa shape index (κ1) is 17.3. The number of H-pyrrole nitrogens is 1. The van der Waals surface area contributed by atoms with Crippen LogP contribution in [0.1, 0.15) is 33.5 Å². The van der Waals surface area contributed by atoms with Crippen molar-refractivity contribution in [2.75, 3.05) is 26.8 Å². The highest BCUT2D eigenvalue weighted by Gasteiger charge is 2.27. The van der Waals surface area contributed by atoms with E-state index in [0.29, 0.717) is 43.4 Å². The van der Waals surface area contributed by atoms with Gasteiger partial charge in [0.1, 0.15) is 11.9 Å². The SMILES string of the molecule is COCc1cccc(C(=O)N2CCO[C@H](c3nc(C)cc(=O)[nH]3)C2)c1. The lowest BCUT2D eigenvalue weighted by Crippen LogP contribution is -2.43. The van der Waals surface area contributed by atoms with E-state index in [0.717, 1.165) is 5.56 Å². The first-order valence-electron chi connectivity index (χ1n) is 8.13. The van der Waals surface area contributed by atoms with E-state index in [1.54, 1.807) is 25.0 Å². The van der Waals surface area contributed by atoms with Crippen LogP contribution in [-0.2, 0) is 16.1 Å². The molecular formula is C18H21N3O4. The molecule has 1 aromatic heterocycles. The van der Waals surface area contributed by atoms with Crippen LogP contribution in [0.25, 0.3) is 0 Å². The van der Waals surface area contributed by atoms with Gasteiger partial charge in [-0.05, 0) is 24.6 Å². The summed E-state index contributed by atoms with van der Waals surface area (Å²) < 4.78 is 10.8. The Morgan fingerprint density at radius 3 is 3.04 bits per heavy atom. The molecule has 0 spiro atoms. The number of rotatable bonds is 4. The van der Waals surface area contributed by atoms with E-state index in [2.05, 4.69) is 9.97 Å². The van der Waals surface area contributed by atoms with Crippen LogP contribution in [0, 0.1) is 6.92 Å². The Kier molecular flexibility index (Phi) is 5.25. The number of carbonyl (C=O) groups is 1. The van der Waals surface area contributed by atoms with Gasteiger partial charge in [0, 0.05) is 31.0 Å². The van der Waals surface area contributed by atoms with Crippen LogP contribution in [0.3, 0.4) is 0 Å². The number of carbonyl (C=O) groups excluding carboxylic acids is 1. The first-order chi connectivity index (χ1) is 12.1. The monoisotopic (exact) mass is 343 g/mol. The molecule has 1 atom stereocenters.